The van der Waals surface area contributed by atoms with E-state index in [4.69, 9.17) is 11.2 Å². The van der Waals surface area contributed by atoms with Crippen molar-refractivity contribution in [1.82, 2.24) is 10.2 Å². The Labute approximate surface area is 157 Å². The fraction of sp³-hybridized carbons (Fsp3) is 0.400. The number of benzene rings is 1. The van der Waals surface area contributed by atoms with Crippen LogP contribution in [-0.4, -0.2) is 41.2 Å². The molecule has 3 rings (SSSR count). The third-order valence-electron chi connectivity index (χ3n) is 4.65. The van der Waals surface area contributed by atoms with E-state index in [1.807, 2.05) is 0 Å². The molecular formula is C20H20N2O5. The van der Waals surface area contributed by atoms with Crippen molar-refractivity contribution in [2.45, 2.75) is 44.6 Å². The van der Waals surface area contributed by atoms with Gasteiger partial charge in [-0.3, -0.25) is 29.4 Å². The molecule has 1 aromatic carbocycles. The van der Waals surface area contributed by atoms with E-state index in [0.29, 0.717) is 18.8 Å². The van der Waals surface area contributed by atoms with E-state index in [1.54, 1.807) is 18.2 Å². The largest absolute Gasteiger partial charge is 0.493 e. The highest BCUT2D eigenvalue weighted by atomic mass is 16.5. The second-order valence-corrected chi connectivity index (χ2v) is 6.49. The van der Waals surface area contributed by atoms with Crippen LogP contribution in [0.1, 0.15) is 59.2 Å². The second-order valence-electron chi connectivity index (χ2n) is 6.49. The number of hydrogen-bond acceptors (Lipinski definition) is 5. The number of carbonyl (C=O) groups excluding carboxylic acids is 4. The van der Waals surface area contributed by atoms with Crippen LogP contribution in [0, 0.1) is 12.3 Å². The molecule has 0 radical (unpaired) electrons. The fourth-order valence-corrected chi connectivity index (χ4v) is 3.29. The van der Waals surface area contributed by atoms with E-state index < -0.39 is 29.7 Å². The first-order chi connectivity index (χ1) is 13.0. The molecule has 27 heavy (non-hydrogen) atoms. The molecule has 0 saturated carbocycles. The molecule has 140 valence electrons. The molecule has 0 bridgehead atoms. The van der Waals surface area contributed by atoms with Crippen LogP contribution in [0.15, 0.2) is 18.2 Å². The number of hydrogen-bond donors (Lipinski definition) is 1. The monoisotopic (exact) mass is 368 g/mol. The van der Waals surface area contributed by atoms with Crippen LogP contribution in [0.4, 0.5) is 0 Å². The van der Waals surface area contributed by atoms with Gasteiger partial charge in [0.1, 0.15) is 11.8 Å². The number of amides is 4. The molecule has 0 aromatic heterocycles. The number of unbranched alkanes of at least 4 members (excludes halogenated alkanes) is 3. The summed E-state index contributed by atoms with van der Waals surface area (Å²) in [7, 11) is 0. The Kier molecular flexibility index (Phi) is 5.55. The number of rotatable bonds is 7. The van der Waals surface area contributed by atoms with Crippen molar-refractivity contribution in [3.63, 3.8) is 0 Å². The summed E-state index contributed by atoms with van der Waals surface area (Å²) in [6.07, 6.45) is 8.75. The third-order valence-corrected chi connectivity index (χ3v) is 4.65. The molecule has 1 unspecified atom stereocenters. The van der Waals surface area contributed by atoms with Crippen molar-refractivity contribution in [3.05, 3.63) is 29.3 Å². The lowest BCUT2D eigenvalue weighted by Crippen LogP contribution is -2.54. The number of ether oxygens (including phenoxy) is 1. The van der Waals surface area contributed by atoms with Gasteiger partial charge in [0, 0.05) is 12.8 Å². The van der Waals surface area contributed by atoms with Crippen LogP contribution < -0.4 is 10.1 Å². The van der Waals surface area contributed by atoms with Crippen molar-refractivity contribution in [2.24, 2.45) is 0 Å². The van der Waals surface area contributed by atoms with Crippen molar-refractivity contribution in [1.29, 1.82) is 0 Å². The van der Waals surface area contributed by atoms with E-state index in [1.165, 1.54) is 0 Å². The number of nitrogens with one attached hydrogen (secondary N) is 1. The Morgan fingerprint density at radius 2 is 1.96 bits per heavy atom. The first kappa shape index (κ1) is 18.6. The molecule has 4 amide bonds. The lowest BCUT2D eigenvalue weighted by molar-refractivity contribution is -0.136. The second kappa shape index (κ2) is 8.04. The first-order valence-corrected chi connectivity index (χ1v) is 8.95. The highest BCUT2D eigenvalue weighted by Gasteiger charge is 2.45. The van der Waals surface area contributed by atoms with Gasteiger partial charge in [0.05, 0.1) is 17.7 Å². The van der Waals surface area contributed by atoms with Gasteiger partial charge in [0.15, 0.2) is 0 Å². The molecule has 0 spiro atoms. The molecule has 2 aliphatic rings. The van der Waals surface area contributed by atoms with Gasteiger partial charge in [-0.15, -0.1) is 12.3 Å². The van der Waals surface area contributed by atoms with Gasteiger partial charge in [0.25, 0.3) is 11.8 Å². The number of terminal acetylenes is 1. The minimum atomic E-state index is -0.980. The van der Waals surface area contributed by atoms with Crippen molar-refractivity contribution < 1.29 is 23.9 Å². The minimum Gasteiger partial charge on any atom is -0.493 e. The highest BCUT2D eigenvalue weighted by molar-refractivity contribution is 6.24. The van der Waals surface area contributed by atoms with Crippen LogP contribution >= 0.6 is 0 Å². The summed E-state index contributed by atoms with van der Waals surface area (Å²) in [5, 5.41) is 2.18. The first-order valence-electron chi connectivity index (χ1n) is 8.95. The van der Waals surface area contributed by atoms with Gasteiger partial charge in [0.2, 0.25) is 11.8 Å². The summed E-state index contributed by atoms with van der Waals surface area (Å²) in [5.74, 6) is 0.782. The normalized spacial score (nSPS) is 18.9. The smallest absolute Gasteiger partial charge is 0.266 e. The highest BCUT2D eigenvalue weighted by Crippen LogP contribution is 2.33. The molecular weight excluding hydrogens is 348 g/mol. The topological polar surface area (TPSA) is 92.8 Å². The van der Waals surface area contributed by atoms with Crippen LogP contribution in [0.2, 0.25) is 0 Å². The van der Waals surface area contributed by atoms with Gasteiger partial charge in [-0.05, 0) is 37.8 Å². The standard InChI is InChI=1S/C20H20N2O5/c1-2-3-4-5-6-12-27-15-9-7-8-13-17(15)20(26)22(19(13)25)14-10-11-16(23)21-18(14)24/h1,7-9,14H,3-6,10-12H2,(H,21,23,24). The predicted molar refractivity (Wildman–Crippen MR) is 95.9 cm³/mol. The van der Waals surface area contributed by atoms with E-state index in [0.717, 1.165) is 24.2 Å². The Bertz CT molecular complexity index is 839. The number of carbonyl (C=O) groups is 4. The Morgan fingerprint density at radius 1 is 1.15 bits per heavy atom. The SMILES string of the molecule is C#CCCCCCOc1cccc2c1C(=O)N(C1CCC(=O)NC1=O)C2=O. The van der Waals surface area contributed by atoms with Crippen LogP contribution in [0.25, 0.3) is 0 Å². The lowest BCUT2D eigenvalue weighted by Gasteiger charge is -2.27. The molecule has 7 nitrogen and oxygen atoms in total. The minimum absolute atomic E-state index is 0.0881. The van der Waals surface area contributed by atoms with Gasteiger partial charge < -0.3 is 4.74 Å². The van der Waals surface area contributed by atoms with Crippen LogP contribution in [0.3, 0.4) is 0 Å². The zero-order valence-corrected chi connectivity index (χ0v) is 14.8. The number of imide groups is 2. The Balaban J connectivity index is 1.73. The van der Waals surface area contributed by atoms with Crippen molar-refractivity contribution >= 4 is 23.6 Å². The molecule has 2 aliphatic heterocycles. The average Bonchev–Trinajstić information content (AvgIpc) is 2.90. The third kappa shape index (κ3) is 3.70. The maximum Gasteiger partial charge on any atom is 0.266 e. The zero-order chi connectivity index (χ0) is 19.4. The predicted octanol–water partition coefficient (Wildman–Crippen LogP) is 1.66. The van der Waals surface area contributed by atoms with Crippen LogP contribution in [-0.2, 0) is 9.59 Å². The molecule has 2 heterocycles. The summed E-state index contributed by atoms with van der Waals surface area (Å²) in [4.78, 5) is 49.9. The summed E-state index contributed by atoms with van der Waals surface area (Å²) in [6.45, 7) is 0.404. The summed E-state index contributed by atoms with van der Waals surface area (Å²) < 4.78 is 5.72. The summed E-state index contributed by atoms with van der Waals surface area (Å²) in [6, 6.07) is 3.85. The van der Waals surface area contributed by atoms with E-state index >= 15 is 0 Å². The van der Waals surface area contributed by atoms with Gasteiger partial charge in [-0.1, -0.05) is 6.07 Å². The number of fused-ring (bicyclic) bond motifs is 1. The molecule has 1 saturated heterocycles. The van der Waals surface area contributed by atoms with E-state index in [9.17, 15) is 19.2 Å². The molecule has 7 heteroatoms. The Hall–Kier alpha value is -3.14. The zero-order valence-electron chi connectivity index (χ0n) is 14.8. The fourth-order valence-electron chi connectivity index (χ4n) is 3.29. The number of piperidine rings is 1. The van der Waals surface area contributed by atoms with E-state index in [2.05, 4.69) is 11.2 Å². The summed E-state index contributed by atoms with van der Waals surface area (Å²) >= 11 is 0. The van der Waals surface area contributed by atoms with Crippen molar-refractivity contribution in [3.8, 4) is 18.1 Å². The summed E-state index contributed by atoms with van der Waals surface area (Å²) in [5.41, 5.74) is 0.394. The quantitative estimate of drug-likeness (QED) is 0.449. The van der Waals surface area contributed by atoms with E-state index in [-0.39, 0.29) is 24.0 Å². The van der Waals surface area contributed by atoms with Crippen LogP contribution in [0.5, 0.6) is 5.75 Å². The maximum atomic E-state index is 12.9. The van der Waals surface area contributed by atoms with Gasteiger partial charge >= 0.3 is 0 Å². The maximum absolute atomic E-state index is 12.9. The molecule has 1 aromatic rings. The van der Waals surface area contributed by atoms with Gasteiger partial charge in [-0.2, -0.15) is 0 Å². The average molecular weight is 368 g/mol. The van der Waals surface area contributed by atoms with Crippen molar-refractivity contribution in [2.75, 3.05) is 6.61 Å². The number of nitrogens with zero attached hydrogens (tertiary/aromatic N) is 1. The lowest BCUT2D eigenvalue weighted by atomic mass is 10.0. The molecule has 0 aliphatic carbocycles. The van der Waals surface area contributed by atoms with Gasteiger partial charge in [-0.25, -0.2) is 0 Å². The molecule has 1 fully saturated rings. The molecule has 1 N–H and O–H groups in total. The molecule has 1 atom stereocenters. The Morgan fingerprint density at radius 3 is 2.70 bits per heavy atom.